The van der Waals surface area contributed by atoms with Crippen molar-refractivity contribution in [2.24, 2.45) is 7.05 Å². The van der Waals surface area contributed by atoms with Gasteiger partial charge in [-0.3, -0.25) is 9.67 Å². The molecule has 0 aromatic carbocycles. The summed E-state index contributed by atoms with van der Waals surface area (Å²) in [5.74, 6) is 2.13. The number of aliphatic hydroxyl groups is 1. The zero-order chi connectivity index (χ0) is 25.2. The Morgan fingerprint density at radius 1 is 1.17 bits per heavy atom. The second-order valence-electron chi connectivity index (χ2n) is 10.1. The molecule has 0 atom stereocenters. The van der Waals surface area contributed by atoms with Crippen LogP contribution in [0.5, 0.6) is 11.5 Å². The standard InChI is InChI=1S/C24H26ClN9O2/c1-24(2,3)18-9-19(31-34(18)13-7-14(35)8-13)29-23-30-22-21(32(23)4)20(25)17(11-27-22)36-16-12-28-33-6-5-26-10-15(16)33/h5-6,9-14,35H,7-8H2,1-4H3,(H,27,29,30,31). The maximum Gasteiger partial charge on any atom is 0.210 e. The maximum absolute atomic E-state index is 9.81. The summed E-state index contributed by atoms with van der Waals surface area (Å²) in [6, 6.07) is 2.23. The lowest BCUT2D eigenvalue weighted by atomic mass is 9.87. The lowest BCUT2D eigenvalue weighted by Crippen LogP contribution is -2.34. The van der Waals surface area contributed by atoms with E-state index in [1.807, 2.05) is 22.4 Å². The number of aliphatic hydroxyl groups excluding tert-OH is 1. The second kappa shape index (κ2) is 8.17. The molecule has 12 heteroatoms. The number of imidazole rings is 1. The highest BCUT2D eigenvalue weighted by Crippen LogP contribution is 2.39. The number of nitrogens with zero attached hydrogens (tertiary/aromatic N) is 8. The van der Waals surface area contributed by atoms with Crippen molar-refractivity contribution in [3.63, 3.8) is 0 Å². The van der Waals surface area contributed by atoms with Crippen LogP contribution in [0.3, 0.4) is 0 Å². The van der Waals surface area contributed by atoms with E-state index in [0.717, 1.165) is 5.69 Å². The molecule has 0 unspecified atom stereocenters. The molecule has 5 heterocycles. The van der Waals surface area contributed by atoms with Crippen LogP contribution in [0.25, 0.3) is 16.7 Å². The molecule has 0 spiro atoms. The number of ether oxygens (including phenoxy) is 1. The van der Waals surface area contributed by atoms with Crippen molar-refractivity contribution in [2.45, 2.75) is 51.2 Å². The number of pyridine rings is 1. The summed E-state index contributed by atoms with van der Waals surface area (Å²) in [7, 11) is 1.86. The van der Waals surface area contributed by atoms with Gasteiger partial charge >= 0.3 is 0 Å². The Kier molecular flexibility index (Phi) is 5.16. The number of aromatic nitrogens is 8. The van der Waals surface area contributed by atoms with Gasteiger partial charge < -0.3 is 19.7 Å². The normalized spacial score (nSPS) is 18.1. The SMILES string of the molecule is Cn1c(Nc2cc(C(C)(C)C)n(C3CC(O)C3)n2)nc2ncc(Oc3cnn4ccncc34)c(Cl)c21. The fourth-order valence-corrected chi connectivity index (χ4v) is 4.77. The van der Waals surface area contributed by atoms with Crippen LogP contribution in [0.15, 0.2) is 37.1 Å². The van der Waals surface area contributed by atoms with E-state index in [9.17, 15) is 5.11 Å². The van der Waals surface area contributed by atoms with E-state index in [2.05, 4.69) is 46.1 Å². The van der Waals surface area contributed by atoms with Crippen molar-refractivity contribution in [1.29, 1.82) is 0 Å². The Hall–Kier alpha value is -3.70. The van der Waals surface area contributed by atoms with E-state index >= 15 is 0 Å². The van der Waals surface area contributed by atoms with Crippen LogP contribution in [0, 0.1) is 0 Å². The molecule has 0 bridgehead atoms. The molecule has 11 nitrogen and oxygen atoms in total. The van der Waals surface area contributed by atoms with Crippen LogP contribution in [-0.4, -0.2) is 50.1 Å². The Balaban J connectivity index is 1.33. The fourth-order valence-electron chi connectivity index (χ4n) is 4.47. The summed E-state index contributed by atoms with van der Waals surface area (Å²) in [6.45, 7) is 6.46. The second-order valence-corrected chi connectivity index (χ2v) is 10.5. The van der Waals surface area contributed by atoms with Crippen molar-refractivity contribution in [2.75, 3.05) is 5.32 Å². The van der Waals surface area contributed by atoms with E-state index in [4.69, 9.17) is 21.4 Å². The van der Waals surface area contributed by atoms with Gasteiger partial charge in [0, 0.05) is 36.6 Å². The first-order chi connectivity index (χ1) is 17.2. The molecule has 1 fully saturated rings. The zero-order valence-electron chi connectivity index (χ0n) is 20.3. The first-order valence-electron chi connectivity index (χ1n) is 11.7. The Bertz CT molecular complexity index is 1590. The number of hydrogen-bond acceptors (Lipinski definition) is 8. The summed E-state index contributed by atoms with van der Waals surface area (Å²) in [5, 5.41) is 22.6. The molecule has 5 aromatic rings. The molecule has 36 heavy (non-hydrogen) atoms. The molecule has 0 aliphatic heterocycles. The predicted octanol–water partition coefficient (Wildman–Crippen LogP) is 4.39. The van der Waals surface area contributed by atoms with Crippen molar-refractivity contribution in [3.05, 3.63) is 47.8 Å². The smallest absolute Gasteiger partial charge is 0.210 e. The number of hydrogen-bond donors (Lipinski definition) is 2. The van der Waals surface area contributed by atoms with Crippen LogP contribution in [0.1, 0.15) is 45.3 Å². The molecule has 0 radical (unpaired) electrons. The van der Waals surface area contributed by atoms with E-state index in [0.29, 0.717) is 57.8 Å². The predicted molar refractivity (Wildman–Crippen MR) is 135 cm³/mol. The molecular weight excluding hydrogens is 482 g/mol. The van der Waals surface area contributed by atoms with Crippen LogP contribution in [0.2, 0.25) is 5.02 Å². The average molecular weight is 508 g/mol. The average Bonchev–Trinajstić information content (AvgIpc) is 3.50. The highest BCUT2D eigenvalue weighted by atomic mass is 35.5. The topological polar surface area (TPSA) is 120 Å². The van der Waals surface area contributed by atoms with Crippen LogP contribution < -0.4 is 10.1 Å². The van der Waals surface area contributed by atoms with Gasteiger partial charge in [-0.2, -0.15) is 15.2 Å². The molecule has 5 aromatic heterocycles. The Labute approximate surface area is 211 Å². The minimum Gasteiger partial charge on any atom is -0.450 e. The van der Waals surface area contributed by atoms with Gasteiger partial charge in [-0.25, -0.2) is 9.50 Å². The van der Waals surface area contributed by atoms with E-state index < -0.39 is 0 Å². The highest BCUT2D eigenvalue weighted by Gasteiger charge is 2.34. The molecule has 1 aliphatic carbocycles. The zero-order valence-corrected chi connectivity index (χ0v) is 21.1. The third kappa shape index (κ3) is 3.75. The first kappa shape index (κ1) is 22.7. The molecular formula is C24H26ClN9O2. The number of anilines is 2. The van der Waals surface area contributed by atoms with Crippen molar-refractivity contribution in [1.82, 2.24) is 38.9 Å². The summed E-state index contributed by atoms with van der Waals surface area (Å²) in [4.78, 5) is 13.2. The number of aryl methyl sites for hydroxylation is 1. The molecule has 2 N–H and O–H groups in total. The lowest BCUT2D eigenvalue weighted by molar-refractivity contribution is 0.0411. The van der Waals surface area contributed by atoms with Gasteiger partial charge in [-0.1, -0.05) is 32.4 Å². The molecule has 0 saturated heterocycles. The summed E-state index contributed by atoms with van der Waals surface area (Å²) >= 11 is 6.76. The van der Waals surface area contributed by atoms with Gasteiger partial charge in [-0.05, 0) is 12.8 Å². The van der Waals surface area contributed by atoms with E-state index in [1.54, 1.807) is 35.5 Å². The van der Waals surface area contributed by atoms with Crippen LogP contribution in [0.4, 0.5) is 11.8 Å². The van der Waals surface area contributed by atoms with Crippen molar-refractivity contribution < 1.29 is 9.84 Å². The fraction of sp³-hybridized carbons (Fsp3) is 0.375. The van der Waals surface area contributed by atoms with E-state index in [1.165, 1.54) is 0 Å². The Morgan fingerprint density at radius 3 is 2.72 bits per heavy atom. The lowest BCUT2D eigenvalue weighted by Gasteiger charge is -2.34. The molecule has 186 valence electrons. The third-order valence-corrected chi connectivity index (χ3v) is 6.86. The minimum atomic E-state index is -0.259. The quantitative estimate of drug-likeness (QED) is 0.359. The summed E-state index contributed by atoms with van der Waals surface area (Å²) in [6.07, 6.45) is 9.38. The van der Waals surface area contributed by atoms with Crippen LogP contribution in [-0.2, 0) is 12.5 Å². The first-order valence-corrected chi connectivity index (χ1v) is 12.1. The maximum atomic E-state index is 9.81. The van der Waals surface area contributed by atoms with Crippen LogP contribution >= 0.6 is 11.6 Å². The molecule has 1 aliphatic rings. The third-order valence-electron chi connectivity index (χ3n) is 6.49. The Morgan fingerprint density at radius 2 is 1.97 bits per heavy atom. The molecule has 6 rings (SSSR count). The minimum absolute atomic E-state index is 0.107. The number of fused-ring (bicyclic) bond motifs is 2. The largest absolute Gasteiger partial charge is 0.450 e. The van der Waals surface area contributed by atoms with Gasteiger partial charge in [0.2, 0.25) is 5.95 Å². The summed E-state index contributed by atoms with van der Waals surface area (Å²) < 4.78 is 11.6. The number of rotatable bonds is 5. The number of halogens is 1. The van der Waals surface area contributed by atoms with Gasteiger partial charge in [0.05, 0.1) is 30.7 Å². The molecule has 1 saturated carbocycles. The van der Waals surface area contributed by atoms with Gasteiger partial charge in [-0.15, -0.1) is 0 Å². The van der Waals surface area contributed by atoms with Gasteiger partial charge in [0.1, 0.15) is 16.1 Å². The molecule has 0 amide bonds. The highest BCUT2D eigenvalue weighted by molar-refractivity contribution is 6.36. The summed E-state index contributed by atoms with van der Waals surface area (Å²) in [5.41, 5.74) is 2.81. The van der Waals surface area contributed by atoms with Crippen molar-refractivity contribution in [3.8, 4) is 11.5 Å². The van der Waals surface area contributed by atoms with Crippen molar-refractivity contribution >= 4 is 40.0 Å². The number of nitrogens with one attached hydrogen (secondary N) is 1. The van der Waals surface area contributed by atoms with E-state index in [-0.39, 0.29) is 17.6 Å². The monoisotopic (exact) mass is 507 g/mol. The van der Waals surface area contributed by atoms with Gasteiger partial charge in [0.15, 0.2) is 23.0 Å². The van der Waals surface area contributed by atoms with Gasteiger partial charge in [0.25, 0.3) is 0 Å².